The molecule has 0 unspecified atom stereocenters. The van der Waals surface area contributed by atoms with Crippen LogP contribution in [0.1, 0.15) is 11.5 Å². The number of hydrogen-bond donors (Lipinski definition) is 2. The molecule has 2 rings (SSSR count). The highest BCUT2D eigenvalue weighted by atomic mass is 19.1. The van der Waals surface area contributed by atoms with E-state index in [1.54, 1.807) is 6.07 Å². The molecular weight excluding hydrogens is 225 g/mol. The predicted molar refractivity (Wildman–Crippen MR) is 59.7 cm³/mol. The summed E-state index contributed by atoms with van der Waals surface area (Å²) in [6, 6.07) is 4.60. The van der Waals surface area contributed by atoms with Gasteiger partial charge in [-0.25, -0.2) is 4.39 Å². The molecule has 5 heteroatoms. The van der Waals surface area contributed by atoms with Gasteiger partial charge in [-0.1, -0.05) is 6.07 Å². The molecule has 0 aliphatic carbocycles. The molecule has 1 aliphatic heterocycles. The first-order valence-electron chi connectivity index (χ1n) is 5.40. The smallest absolute Gasteiger partial charge is 0.308 e. The van der Waals surface area contributed by atoms with Crippen LogP contribution in [0.3, 0.4) is 0 Å². The van der Waals surface area contributed by atoms with Crippen LogP contribution in [0.15, 0.2) is 18.2 Å². The van der Waals surface area contributed by atoms with Crippen LogP contribution in [-0.4, -0.2) is 31.3 Å². The Bertz CT molecular complexity index is 436. The lowest BCUT2D eigenvalue weighted by Crippen LogP contribution is -2.21. The average Bonchev–Trinajstić information content (AvgIpc) is 2.77. The summed E-state index contributed by atoms with van der Waals surface area (Å²) in [4.78, 5) is 11.0. The minimum absolute atomic E-state index is 0.173. The van der Waals surface area contributed by atoms with Crippen molar-refractivity contribution in [1.82, 2.24) is 5.32 Å². The SMILES string of the molecule is COc1ccc([C@@H]2CNC[C@H]2C(=O)O)cc1F. The second-order valence-electron chi connectivity index (χ2n) is 4.10. The number of methoxy groups -OCH3 is 1. The van der Waals surface area contributed by atoms with E-state index in [-0.39, 0.29) is 11.7 Å². The molecular formula is C12H14FNO3. The summed E-state index contributed by atoms with van der Waals surface area (Å²) in [5.74, 6) is -1.82. The van der Waals surface area contributed by atoms with Crippen LogP contribution in [0, 0.1) is 11.7 Å². The van der Waals surface area contributed by atoms with Gasteiger partial charge in [0.2, 0.25) is 0 Å². The average molecular weight is 239 g/mol. The number of aliphatic carboxylic acids is 1. The van der Waals surface area contributed by atoms with E-state index in [0.29, 0.717) is 18.7 Å². The van der Waals surface area contributed by atoms with Crippen molar-refractivity contribution >= 4 is 5.97 Å². The van der Waals surface area contributed by atoms with Gasteiger partial charge in [0.25, 0.3) is 0 Å². The molecule has 92 valence electrons. The van der Waals surface area contributed by atoms with Gasteiger partial charge in [0.05, 0.1) is 13.0 Å². The molecule has 4 nitrogen and oxygen atoms in total. The Morgan fingerprint density at radius 3 is 2.88 bits per heavy atom. The topological polar surface area (TPSA) is 58.6 Å². The molecule has 2 N–H and O–H groups in total. The van der Waals surface area contributed by atoms with Crippen LogP contribution < -0.4 is 10.1 Å². The van der Waals surface area contributed by atoms with Gasteiger partial charge in [0, 0.05) is 19.0 Å². The highest BCUT2D eigenvalue weighted by molar-refractivity contribution is 5.72. The summed E-state index contributed by atoms with van der Waals surface area (Å²) in [7, 11) is 1.40. The molecule has 1 aromatic carbocycles. The van der Waals surface area contributed by atoms with Gasteiger partial charge in [0.15, 0.2) is 11.6 Å². The van der Waals surface area contributed by atoms with Gasteiger partial charge < -0.3 is 15.2 Å². The molecule has 0 amide bonds. The lowest BCUT2D eigenvalue weighted by Gasteiger charge is -2.15. The van der Waals surface area contributed by atoms with E-state index in [1.807, 2.05) is 0 Å². The third-order valence-electron chi connectivity index (χ3n) is 3.14. The predicted octanol–water partition coefficient (Wildman–Crippen LogP) is 1.22. The number of benzene rings is 1. The van der Waals surface area contributed by atoms with Crippen molar-refractivity contribution in [2.24, 2.45) is 5.92 Å². The zero-order chi connectivity index (χ0) is 12.4. The van der Waals surface area contributed by atoms with E-state index in [4.69, 9.17) is 9.84 Å². The van der Waals surface area contributed by atoms with Gasteiger partial charge in [-0.15, -0.1) is 0 Å². The van der Waals surface area contributed by atoms with Crippen LogP contribution >= 0.6 is 0 Å². The maximum atomic E-state index is 13.5. The molecule has 1 fully saturated rings. The molecule has 1 aromatic rings. The van der Waals surface area contributed by atoms with Crippen LogP contribution in [0.5, 0.6) is 5.75 Å². The third-order valence-corrected chi connectivity index (χ3v) is 3.14. The first-order valence-corrected chi connectivity index (χ1v) is 5.40. The van der Waals surface area contributed by atoms with E-state index in [9.17, 15) is 9.18 Å². The van der Waals surface area contributed by atoms with E-state index in [1.165, 1.54) is 19.2 Å². The number of carbonyl (C=O) groups is 1. The number of carboxylic acids is 1. The van der Waals surface area contributed by atoms with Crippen LogP contribution in [0.25, 0.3) is 0 Å². The summed E-state index contributed by atoms with van der Waals surface area (Å²) < 4.78 is 18.4. The largest absolute Gasteiger partial charge is 0.494 e. The minimum Gasteiger partial charge on any atom is -0.494 e. The van der Waals surface area contributed by atoms with E-state index >= 15 is 0 Å². The first-order chi connectivity index (χ1) is 8.13. The van der Waals surface area contributed by atoms with Crippen LogP contribution in [0.4, 0.5) is 4.39 Å². The van der Waals surface area contributed by atoms with Crippen molar-refractivity contribution in [2.45, 2.75) is 5.92 Å². The fourth-order valence-electron chi connectivity index (χ4n) is 2.20. The van der Waals surface area contributed by atoms with Crippen LogP contribution in [-0.2, 0) is 4.79 Å². The van der Waals surface area contributed by atoms with Crippen molar-refractivity contribution in [3.8, 4) is 5.75 Å². The number of hydrogen-bond acceptors (Lipinski definition) is 3. The maximum absolute atomic E-state index is 13.5. The van der Waals surface area contributed by atoms with Gasteiger partial charge >= 0.3 is 5.97 Å². The molecule has 17 heavy (non-hydrogen) atoms. The fourth-order valence-corrected chi connectivity index (χ4v) is 2.20. The summed E-state index contributed by atoms with van der Waals surface area (Å²) >= 11 is 0. The molecule has 0 saturated carbocycles. The van der Waals surface area contributed by atoms with E-state index in [0.717, 1.165) is 0 Å². The fraction of sp³-hybridized carbons (Fsp3) is 0.417. The van der Waals surface area contributed by atoms with Crippen molar-refractivity contribution in [3.63, 3.8) is 0 Å². The highest BCUT2D eigenvalue weighted by Gasteiger charge is 2.34. The standard InChI is InChI=1S/C12H14FNO3/c1-17-11-3-2-7(4-10(11)13)8-5-14-6-9(8)12(15)16/h2-4,8-9,14H,5-6H2,1H3,(H,15,16)/t8-,9+/m0/s1. The molecule has 0 bridgehead atoms. The number of rotatable bonds is 3. The number of carboxylic acid groups (broad SMARTS) is 1. The Morgan fingerprint density at radius 2 is 2.29 bits per heavy atom. The van der Waals surface area contributed by atoms with Crippen LogP contribution in [0.2, 0.25) is 0 Å². The van der Waals surface area contributed by atoms with Crippen molar-refractivity contribution in [1.29, 1.82) is 0 Å². The Morgan fingerprint density at radius 1 is 1.53 bits per heavy atom. The minimum atomic E-state index is -0.851. The van der Waals surface area contributed by atoms with Gasteiger partial charge in [-0.3, -0.25) is 4.79 Å². The van der Waals surface area contributed by atoms with Crippen molar-refractivity contribution in [2.75, 3.05) is 20.2 Å². The van der Waals surface area contributed by atoms with Gasteiger partial charge in [0.1, 0.15) is 0 Å². The summed E-state index contributed by atoms with van der Waals surface area (Å²) in [6.45, 7) is 0.983. The molecule has 2 atom stereocenters. The van der Waals surface area contributed by atoms with Gasteiger partial charge in [-0.05, 0) is 17.7 Å². The van der Waals surface area contributed by atoms with Crippen molar-refractivity contribution in [3.05, 3.63) is 29.6 Å². The Balaban J connectivity index is 2.27. The second kappa shape index (κ2) is 4.71. The lowest BCUT2D eigenvalue weighted by molar-refractivity contribution is -0.141. The second-order valence-corrected chi connectivity index (χ2v) is 4.10. The number of ether oxygens (including phenoxy) is 1. The van der Waals surface area contributed by atoms with E-state index < -0.39 is 17.7 Å². The van der Waals surface area contributed by atoms with Crippen molar-refractivity contribution < 1.29 is 19.0 Å². The van der Waals surface area contributed by atoms with E-state index in [2.05, 4.69) is 5.32 Å². The highest BCUT2D eigenvalue weighted by Crippen LogP contribution is 2.30. The third kappa shape index (κ3) is 2.24. The zero-order valence-corrected chi connectivity index (χ0v) is 9.44. The quantitative estimate of drug-likeness (QED) is 0.832. The number of halogens is 1. The zero-order valence-electron chi connectivity index (χ0n) is 9.44. The summed E-state index contributed by atoms with van der Waals surface area (Å²) in [5, 5.41) is 12.1. The molecule has 0 radical (unpaired) electrons. The first kappa shape index (κ1) is 11.9. The normalized spacial score (nSPS) is 23.6. The van der Waals surface area contributed by atoms with Gasteiger partial charge in [-0.2, -0.15) is 0 Å². The summed E-state index contributed by atoms with van der Waals surface area (Å²) in [6.07, 6.45) is 0. The lowest BCUT2D eigenvalue weighted by atomic mass is 9.89. The molecule has 0 spiro atoms. The maximum Gasteiger partial charge on any atom is 0.308 e. The Hall–Kier alpha value is -1.62. The monoisotopic (exact) mass is 239 g/mol. The Labute approximate surface area is 98.4 Å². The summed E-state index contributed by atoms with van der Waals surface area (Å²) in [5.41, 5.74) is 0.695. The number of nitrogens with one attached hydrogen (secondary N) is 1. The molecule has 1 heterocycles. The molecule has 1 aliphatic rings. The molecule has 1 saturated heterocycles. The molecule has 0 aromatic heterocycles. The Kier molecular flexibility index (Phi) is 3.28.